The standard InChI is InChI=1S/C8H15NO2S/c1-8(2)5(3-4-12-8)6(9)7(10)11/h5-6H,3-4,9H2,1-2H3,(H,10,11). The molecule has 0 aliphatic carbocycles. The van der Waals surface area contributed by atoms with Crippen LogP contribution >= 0.6 is 11.8 Å². The van der Waals surface area contributed by atoms with E-state index in [0.29, 0.717) is 0 Å². The van der Waals surface area contributed by atoms with Crippen molar-refractivity contribution >= 4 is 17.7 Å². The zero-order chi connectivity index (χ0) is 9.35. The summed E-state index contributed by atoms with van der Waals surface area (Å²) >= 11 is 1.81. The molecule has 1 saturated heterocycles. The van der Waals surface area contributed by atoms with Crippen molar-refractivity contribution < 1.29 is 9.90 Å². The van der Waals surface area contributed by atoms with E-state index in [1.165, 1.54) is 0 Å². The van der Waals surface area contributed by atoms with Gasteiger partial charge in [0.1, 0.15) is 6.04 Å². The number of carbonyl (C=O) groups is 1. The summed E-state index contributed by atoms with van der Waals surface area (Å²) < 4.78 is 0.0256. The van der Waals surface area contributed by atoms with Gasteiger partial charge in [0.05, 0.1) is 0 Å². The number of carboxylic acids is 1. The summed E-state index contributed by atoms with van der Waals surface area (Å²) in [5, 5.41) is 8.74. The molecule has 3 nitrogen and oxygen atoms in total. The lowest BCUT2D eigenvalue weighted by atomic mass is 9.86. The van der Waals surface area contributed by atoms with Crippen molar-refractivity contribution in [2.75, 3.05) is 5.75 Å². The summed E-state index contributed by atoms with van der Waals surface area (Å²) in [6, 6.07) is -0.699. The quantitative estimate of drug-likeness (QED) is 0.678. The fourth-order valence-corrected chi connectivity index (χ4v) is 3.06. The SMILES string of the molecule is CC1(C)SCCC1C(N)C(=O)O. The van der Waals surface area contributed by atoms with E-state index in [2.05, 4.69) is 13.8 Å². The minimum Gasteiger partial charge on any atom is -0.480 e. The van der Waals surface area contributed by atoms with E-state index >= 15 is 0 Å². The van der Waals surface area contributed by atoms with E-state index in [0.717, 1.165) is 12.2 Å². The highest BCUT2D eigenvalue weighted by molar-refractivity contribution is 8.00. The van der Waals surface area contributed by atoms with Gasteiger partial charge < -0.3 is 10.8 Å². The molecule has 0 aromatic carbocycles. The molecule has 12 heavy (non-hydrogen) atoms. The molecule has 1 fully saturated rings. The molecule has 0 saturated carbocycles. The Morgan fingerprint density at radius 3 is 2.67 bits per heavy atom. The Bertz CT molecular complexity index is 193. The fourth-order valence-electron chi connectivity index (χ4n) is 1.69. The van der Waals surface area contributed by atoms with Gasteiger partial charge in [0.15, 0.2) is 0 Å². The maximum Gasteiger partial charge on any atom is 0.320 e. The first-order valence-electron chi connectivity index (χ1n) is 4.07. The van der Waals surface area contributed by atoms with Gasteiger partial charge in [-0.15, -0.1) is 0 Å². The maximum absolute atomic E-state index is 10.6. The fraction of sp³-hybridized carbons (Fsp3) is 0.875. The third-order valence-electron chi connectivity index (χ3n) is 2.51. The molecule has 1 aliphatic heterocycles. The zero-order valence-electron chi connectivity index (χ0n) is 7.41. The van der Waals surface area contributed by atoms with Crippen LogP contribution in [0, 0.1) is 5.92 Å². The van der Waals surface area contributed by atoms with Gasteiger partial charge in [-0.1, -0.05) is 13.8 Å². The highest BCUT2D eigenvalue weighted by Gasteiger charge is 2.41. The van der Waals surface area contributed by atoms with Crippen molar-refractivity contribution in [2.45, 2.75) is 31.1 Å². The molecule has 0 amide bonds. The smallest absolute Gasteiger partial charge is 0.320 e. The van der Waals surface area contributed by atoms with Gasteiger partial charge in [-0.25, -0.2) is 0 Å². The molecule has 0 spiro atoms. The predicted molar refractivity (Wildman–Crippen MR) is 50.3 cm³/mol. The van der Waals surface area contributed by atoms with Gasteiger partial charge in [0, 0.05) is 4.75 Å². The Balaban J connectivity index is 2.68. The van der Waals surface area contributed by atoms with Gasteiger partial charge in [-0.05, 0) is 18.1 Å². The Kier molecular flexibility index (Phi) is 2.68. The second-order valence-corrected chi connectivity index (χ2v) is 5.46. The highest BCUT2D eigenvalue weighted by Crippen LogP contribution is 2.43. The van der Waals surface area contributed by atoms with Gasteiger partial charge in [0.25, 0.3) is 0 Å². The Morgan fingerprint density at radius 1 is 1.75 bits per heavy atom. The first-order valence-corrected chi connectivity index (χ1v) is 5.06. The van der Waals surface area contributed by atoms with Crippen LogP contribution in [0.2, 0.25) is 0 Å². The van der Waals surface area contributed by atoms with Crippen molar-refractivity contribution in [3.05, 3.63) is 0 Å². The Labute approximate surface area is 76.7 Å². The lowest BCUT2D eigenvalue weighted by Gasteiger charge is -2.28. The average molecular weight is 189 g/mol. The minimum atomic E-state index is -0.879. The lowest BCUT2D eigenvalue weighted by Crippen LogP contribution is -2.44. The monoisotopic (exact) mass is 189 g/mol. The molecule has 1 rings (SSSR count). The first-order chi connectivity index (χ1) is 5.45. The van der Waals surface area contributed by atoms with E-state index in [4.69, 9.17) is 10.8 Å². The lowest BCUT2D eigenvalue weighted by molar-refractivity contribution is -0.140. The van der Waals surface area contributed by atoms with E-state index in [-0.39, 0.29) is 10.7 Å². The number of carboxylic acid groups (broad SMARTS) is 1. The van der Waals surface area contributed by atoms with Crippen LogP contribution in [0.5, 0.6) is 0 Å². The molecular weight excluding hydrogens is 174 g/mol. The molecule has 0 aromatic rings. The van der Waals surface area contributed by atoms with Crippen LogP contribution < -0.4 is 5.73 Å². The summed E-state index contributed by atoms with van der Waals surface area (Å²) in [5.41, 5.74) is 5.58. The third kappa shape index (κ3) is 1.75. The zero-order valence-corrected chi connectivity index (χ0v) is 8.23. The first kappa shape index (κ1) is 9.86. The minimum absolute atomic E-state index is 0.0256. The second kappa shape index (κ2) is 3.26. The van der Waals surface area contributed by atoms with Crippen LogP contribution in [0.4, 0.5) is 0 Å². The number of rotatable bonds is 2. The second-order valence-electron chi connectivity index (χ2n) is 3.71. The van der Waals surface area contributed by atoms with Crippen LogP contribution in [-0.2, 0) is 4.79 Å². The predicted octanol–water partition coefficient (Wildman–Crippen LogP) is 0.930. The summed E-state index contributed by atoms with van der Waals surface area (Å²) in [5.74, 6) is 0.258. The van der Waals surface area contributed by atoms with Crippen LogP contribution in [0.25, 0.3) is 0 Å². The van der Waals surface area contributed by atoms with E-state index in [1.54, 1.807) is 0 Å². The topological polar surface area (TPSA) is 63.3 Å². The van der Waals surface area contributed by atoms with Crippen LogP contribution in [0.1, 0.15) is 20.3 Å². The summed E-state index contributed by atoms with van der Waals surface area (Å²) in [7, 11) is 0. The molecule has 2 atom stereocenters. The number of thioether (sulfide) groups is 1. The maximum atomic E-state index is 10.6. The van der Waals surface area contributed by atoms with Gasteiger partial charge in [-0.2, -0.15) is 11.8 Å². The summed E-state index contributed by atoms with van der Waals surface area (Å²) in [6.45, 7) is 4.14. The summed E-state index contributed by atoms with van der Waals surface area (Å²) in [6.07, 6.45) is 0.922. The molecule has 4 heteroatoms. The number of hydrogen-bond donors (Lipinski definition) is 2. The Morgan fingerprint density at radius 2 is 2.33 bits per heavy atom. The van der Waals surface area contributed by atoms with Crippen molar-refractivity contribution in [3.63, 3.8) is 0 Å². The van der Waals surface area contributed by atoms with E-state index in [9.17, 15) is 4.79 Å². The van der Waals surface area contributed by atoms with Crippen LogP contribution in [0.15, 0.2) is 0 Å². The highest BCUT2D eigenvalue weighted by atomic mass is 32.2. The largest absolute Gasteiger partial charge is 0.480 e. The number of hydrogen-bond acceptors (Lipinski definition) is 3. The average Bonchev–Trinajstić information content (AvgIpc) is 2.27. The molecular formula is C8H15NO2S. The van der Waals surface area contributed by atoms with E-state index in [1.807, 2.05) is 11.8 Å². The van der Waals surface area contributed by atoms with Gasteiger partial charge in [-0.3, -0.25) is 4.79 Å². The van der Waals surface area contributed by atoms with Crippen LogP contribution in [0.3, 0.4) is 0 Å². The van der Waals surface area contributed by atoms with E-state index < -0.39 is 12.0 Å². The molecule has 1 heterocycles. The molecule has 2 unspecified atom stereocenters. The van der Waals surface area contributed by atoms with Crippen LogP contribution in [-0.4, -0.2) is 27.6 Å². The molecule has 3 N–H and O–H groups in total. The molecule has 0 aromatic heterocycles. The number of aliphatic carboxylic acids is 1. The van der Waals surface area contributed by atoms with Crippen molar-refractivity contribution in [1.29, 1.82) is 0 Å². The van der Waals surface area contributed by atoms with Crippen molar-refractivity contribution in [1.82, 2.24) is 0 Å². The third-order valence-corrected chi connectivity index (χ3v) is 4.00. The van der Waals surface area contributed by atoms with Gasteiger partial charge in [0.2, 0.25) is 0 Å². The molecule has 0 bridgehead atoms. The van der Waals surface area contributed by atoms with Crippen molar-refractivity contribution in [3.8, 4) is 0 Å². The van der Waals surface area contributed by atoms with Crippen molar-refractivity contribution in [2.24, 2.45) is 11.7 Å². The molecule has 0 radical (unpaired) electrons. The van der Waals surface area contributed by atoms with Gasteiger partial charge >= 0.3 is 5.97 Å². The molecule has 1 aliphatic rings. The molecule has 70 valence electrons. The normalized spacial score (nSPS) is 30.1. The number of nitrogens with two attached hydrogens (primary N) is 1. The summed E-state index contributed by atoms with van der Waals surface area (Å²) in [4.78, 5) is 10.6. The Hall–Kier alpha value is -0.220.